The lowest BCUT2D eigenvalue weighted by Gasteiger charge is -2.11. The summed E-state index contributed by atoms with van der Waals surface area (Å²) in [4.78, 5) is 15.5. The second-order valence-corrected chi connectivity index (χ2v) is 7.66. The summed E-state index contributed by atoms with van der Waals surface area (Å²) in [5.74, 6) is 1.54. The van der Waals surface area contributed by atoms with Gasteiger partial charge in [0.2, 0.25) is 0 Å². The van der Waals surface area contributed by atoms with Gasteiger partial charge in [-0.25, -0.2) is 0 Å². The van der Waals surface area contributed by atoms with Gasteiger partial charge < -0.3 is 23.6 Å². The van der Waals surface area contributed by atoms with E-state index in [4.69, 9.17) is 9.47 Å². The van der Waals surface area contributed by atoms with Crippen molar-refractivity contribution in [3.8, 4) is 22.6 Å². The Morgan fingerprint density at radius 3 is 2.48 bits per heavy atom. The molecule has 0 fully saturated rings. The molecule has 0 aliphatic rings. The van der Waals surface area contributed by atoms with Gasteiger partial charge in [0.15, 0.2) is 0 Å². The van der Waals surface area contributed by atoms with E-state index in [0.717, 1.165) is 44.5 Å². The number of rotatable bonds is 5. The Bertz CT molecular complexity index is 1450. The van der Waals surface area contributed by atoms with Crippen molar-refractivity contribution in [2.45, 2.75) is 6.54 Å². The van der Waals surface area contributed by atoms with E-state index in [-0.39, 0.29) is 5.56 Å². The quantitative estimate of drug-likeness (QED) is 0.460. The van der Waals surface area contributed by atoms with Gasteiger partial charge in [-0.3, -0.25) is 4.79 Å². The molecule has 5 rings (SSSR count). The highest BCUT2D eigenvalue weighted by molar-refractivity contribution is 5.96. The third-order valence-electron chi connectivity index (χ3n) is 5.74. The number of methoxy groups -OCH3 is 2. The summed E-state index contributed by atoms with van der Waals surface area (Å²) >= 11 is 0. The molecule has 0 aliphatic heterocycles. The standard InChI is InChI=1S/C25H23N3O3/c1-27-15-22(21-6-8-26-24(21)25(27)29)18-5-4-17-7-9-28(23(17)12-18)14-16-10-19(30-2)13-20(11-16)31-3/h4-13,15,26H,14H2,1-3H3. The molecule has 0 amide bonds. The van der Waals surface area contributed by atoms with E-state index in [2.05, 4.69) is 40.0 Å². The summed E-state index contributed by atoms with van der Waals surface area (Å²) in [6.07, 6.45) is 5.81. The molecule has 0 atom stereocenters. The molecule has 0 unspecified atom stereocenters. The molecule has 0 aliphatic carbocycles. The molecular formula is C25H23N3O3. The number of fused-ring (bicyclic) bond motifs is 2. The van der Waals surface area contributed by atoms with E-state index in [1.807, 2.05) is 36.7 Å². The van der Waals surface area contributed by atoms with Gasteiger partial charge >= 0.3 is 0 Å². The lowest BCUT2D eigenvalue weighted by atomic mass is 10.0. The van der Waals surface area contributed by atoms with Crippen LogP contribution in [-0.4, -0.2) is 28.3 Å². The molecule has 3 aromatic heterocycles. The fourth-order valence-electron chi connectivity index (χ4n) is 4.14. The molecule has 0 saturated carbocycles. The Balaban J connectivity index is 1.61. The first-order valence-corrected chi connectivity index (χ1v) is 10.1. The lowest BCUT2D eigenvalue weighted by molar-refractivity contribution is 0.393. The first-order valence-electron chi connectivity index (χ1n) is 10.1. The maximum Gasteiger partial charge on any atom is 0.274 e. The summed E-state index contributed by atoms with van der Waals surface area (Å²) in [6.45, 7) is 0.688. The van der Waals surface area contributed by atoms with E-state index >= 15 is 0 Å². The van der Waals surface area contributed by atoms with Crippen LogP contribution in [0.25, 0.3) is 32.9 Å². The van der Waals surface area contributed by atoms with Gasteiger partial charge in [-0.1, -0.05) is 12.1 Å². The molecular weight excluding hydrogens is 390 g/mol. The third-order valence-corrected chi connectivity index (χ3v) is 5.74. The molecule has 156 valence electrons. The zero-order valence-corrected chi connectivity index (χ0v) is 17.7. The molecule has 0 bridgehead atoms. The predicted molar refractivity (Wildman–Crippen MR) is 123 cm³/mol. The molecule has 5 aromatic rings. The van der Waals surface area contributed by atoms with Crippen LogP contribution in [0.2, 0.25) is 0 Å². The van der Waals surface area contributed by atoms with E-state index in [1.165, 1.54) is 0 Å². The number of ether oxygens (including phenoxy) is 2. The van der Waals surface area contributed by atoms with Crippen LogP contribution in [0.3, 0.4) is 0 Å². The Morgan fingerprint density at radius 1 is 0.968 bits per heavy atom. The molecule has 2 aromatic carbocycles. The largest absolute Gasteiger partial charge is 0.497 e. The van der Waals surface area contributed by atoms with Crippen molar-refractivity contribution in [1.29, 1.82) is 0 Å². The van der Waals surface area contributed by atoms with Crippen molar-refractivity contribution in [3.63, 3.8) is 0 Å². The predicted octanol–water partition coefficient (Wildman–Crippen LogP) is 4.55. The van der Waals surface area contributed by atoms with Crippen LogP contribution in [0.5, 0.6) is 11.5 Å². The van der Waals surface area contributed by atoms with Gasteiger partial charge in [0.1, 0.15) is 17.0 Å². The molecule has 1 N–H and O–H groups in total. The van der Waals surface area contributed by atoms with Crippen molar-refractivity contribution in [1.82, 2.24) is 14.1 Å². The Kier molecular flexibility index (Phi) is 4.55. The fraction of sp³-hybridized carbons (Fsp3) is 0.160. The lowest BCUT2D eigenvalue weighted by Crippen LogP contribution is -2.16. The third kappa shape index (κ3) is 3.26. The molecule has 31 heavy (non-hydrogen) atoms. The van der Waals surface area contributed by atoms with E-state index in [1.54, 1.807) is 25.8 Å². The first-order chi connectivity index (χ1) is 15.1. The summed E-state index contributed by atoms with van der Waals surface area (Å²) in [7, 11) is 5.10. The topological polar surface area (TPSA) is 61.2 Å². The number of hydrogen-bond acceptors (Lipinski definition) is 3. The second kappa shape index (κ2) is 7.40. The number of pyridine rings is 1. The van der Waals surface area contributed by atoms with E-state index < -0.39 is 0 Å². The fourth-order valence-corrected chi connectivity index (χ4v) is 4.14. The average Bonchev–Trinajstić information content (AvgIpc) is 3.43. The van der Waals surface area contributed by atoms with Crippen molar-refractivity contribution in [2.75, 3.05) is 14.2 Å². The Labute approximate surface area is 179 Å². The molecule has 6 nitrogen and oxygen atoms in total. The van der Waals surface area contributed by atoms with E-state index in [0.29, 0.717) is 12.1 Å². The number of H-pyrrole nitrogens is 1. The molecule has 3 heterocycles. The summed E-state index contributed by atoms with van der Waals surface area (Å²) in [5.41, 5.74) is 4.90. The van der Waals surface area contributed by atoms with E-state index in [9.17, 15) is 4.79 Å². The van der Waals surface area contributed by atoms with Gasteiger partial charge in [0.05, 0.1) is 14.2 Å². The summed E-state index contributed by atoms with van der Waals surface area (Å²) in [6, 6.07) is 16.4. The van der Waals surface area contributed by atoms with Gasteiger partial charge in [0, 0.05) is 54.7 Å². The molecule has 0 radical (unpaired) electrons. The van der Waals surface area contributed by atoms with Gasteiger partial charge in [-0.15, -0.1) is 0 Å². The van der Waals surface area contributed by atoms with Crippen LogP contribution in [0.15, 0.2) is 71.9 Å². The Morgan fingerprint density at radius 2 is 1.74 bits per heavy atom. The van der Waals surface area contributed by atoms with Crippen molar-refractivity contribution in [2.24, 2.45) is 7.05 Å². The Hall–Kier alpha value is -3.93. The number of nitrogens with one attached hydrogen (secondary N) is 1. The SMILES string of the molecule is COc1cc(Cn2ccc3ccc(-c4cn(C)c(=O)c5[nH]ccc45)cc32)cc(OC)c1. The van der Waals surface area contributed by atoms with Gasteiger partial charge in [-0.2, -0.15) is 0 Å². The van der Waals surface area contributed by atoms with Crippen LogP contribution in [0, 0.1) is 0 Å². The van der Waals surface area contributed by atoms with Gasteiger partial charge in [0.25, 0.3) is 5.56 Å². The van der Waals surface area contributed by atoms with Crippen LogP contribution < -0.4 is 15.0 Å². The van der Waals surface area contributed by atoms with Crippen molar-refractivity contribution < 1.29 is 9.47 Å². The van der Waals surface area contributed by atoms with Crippen molar-refractivity contribution in [3.05, 3.63) is 83.0 Å². The molecule has 0 spiro atoms. The molecule has 0 saturated heterocycles. The minimum absolute atomic E-state index is 0.0276. The van der Waals surface area contributed by atoms with Crippen LogP contribution in [0.4, 0.5) is 0 Å². The van der Waals surface area contributed by atoms with Crippen LogP contribution >= 0.6 is 0 Å². The maximum atomic E-state index is 12.4. The summed E-state index contributed by atoms with van der Waals surface area (Å²) in [5, 5.41) is 2.09. The minimum Gasteiger partial charge on any atom is -0.497 e. The van der Waals surface area contributed by atoms with Crippen LogP contribution in [-0.2, 0) is 13.6 Å². The monoisotopic (exact) mass is 413 g/mol. The number of nitrogens with zero attached hydrogens (tertiary/aromatic N) is 2. The normalized spacial score (nSPS) is 11.3. The number of aromatic nitrogens is 3. The second-order valence-electron chi connectivity index (χ2n) is 7.66. The van der Waals surface area contributed by atoms with Crippen molar-refractivity contribution >= 4 is 21.8 Å². The smallest absolute Gasteiger partial charge is 0.274 e. The maximum absolute atomic E-state index is 12.4. The zero-order valence-electron chi connectivity index (χ0n) is 17.7. The number of aryl methyl sites for hydroxylation is 1. The van der Waals surface area contributed by atoms with Crippen LogP contribution in [0.1, 0.15) is 5.56 Å². The van der Waals surface area contributed by atoms with Gasteiger partial charge in [-0.05, 0) is 46.8 Å². The highest BCUT2D eigenvalue weighted by Crippen LogP contribution is 2.30. The average molecular weight is 413 g/mol. The zero-order chi connectivity index (χ0) is 21.5. The first kappa shape index (κ1) is 19.1. The number of aromatic amines is 1. The highest BCUT2D eigenvalue weighted by Gasteiger charge is 2.12. The summed E-state index contributed by atoms with van der Waals surface area (Å²) < 4.78 is 14.7. The highest BCUT2D eigenvalue weighted by atomic mass is 16.5. The number of benzene rings is 2. The molecule has 6 heteroatoms. The number of hydrogen-bond donors (Lipinski definition) is 1. The minimum atomic E-state index is -0.0276.